The smallest absolute Gasteiger partial charge is 0.187 e. The maximum atomic E-state index is 16.3. The van der Waals surface area contributed by atoms with Crippen molar-refractivity contribution in [3.05, 3.63) is 36.4 Å². The maximum Gasteiger partial charge on any atom is 0.187 e. The molecule has 2 aliphatic carbocycles. The number of aromatic nitrogens is 5. The Kier molecular flexibility index (Phi) is 8.03. The van der Waals surface area contributed by atoms with Crippen molar-refractivity contribution in [3.63, 3.8) is 0 Å². The number of hydrogen-bond acceptors (Lipinski definition) is 8. The number of halogens is 2. The highest BCUT2D eigenvalue weighted by Crippen LogP contribution is 2.45. The molecule has 4 atom stereocenters. The summed E-state index contributed by atoms with van der Waals surface area (Å²) in [4.78, 5) is 14.8. The Morgan fingerprint density at radius 2 is 1.95 bits per heavy atom. The number of anilines is 1. The van der Waals surface area contributed by atoms with E-state index in [-0.39, 0.29) is 34.8 Å². The van der Waals surface area contributed by atoms with E-state index in [9.17, 15) is 9.50 Å². The van der Waals surface area contributed by atoms with E-state index >= 15 is 4.39 Å². The SMILES string of the molecule is CC[C@]1(C)CCCC(C)C[C@H](N(c2cnc(-c3ccc(-c4nc(SC)ncc4F)cc3O)nn2)C2CC2)[C@@H]1F. The molecule has 2 aliphatic rings. The number of phenols is 1. The minimum atomic E-state index is -0.974. The van der Waals surface area contributed by atoms with Crippen LogP contribution < -0.4 is 4.90 Å². The molecule has 0 bridgehead atoms. The van der Waals surface area contributed by atoms with Crippen molar-refractivity contribution in [2.75, 3.05) is 11.2 Å². The zero-order chi connectivity index (χ0) is 27.7. The average Bonchev–Trinajstić information content (AvgIpc) is 3.77. The molecule has 0 radical (unpaired) electrons. The molecule has 2 saturated carbocycles. The first kappa shape index (κ1) is 27.7. The van der Waals surface area contributed by atoms with Crippen LogP contribution in [0.3, 0.4) is 0 Å². The van der Waals surface area contributed by atoms with Crippen molar-refractivity contribution in [1.82, 2.24) is 25.1 Å². The van der Waals surface area contributed by atoms with Crippen LogP contribution in [0.2, 0.25) is 0 Å². The first-order valence-electron chi connectivity index (χ1n) is 13.8. The van der Waals surface area contributed by atoms with E-state index in [4.69, 9.17) is 0 Å². The third kappa shape index (κ3) is 5.71. The molecule has 1 unspecified atom stereocenters. The minimum absolute atomic E-state index is 0.110. The summed E-state index contributed by atoms with van der Waals surface area (Å²) in [5, 5.41) is 20.0. The molecular formula is C29H36F2N6OS. The van der Waals surface area contributed by atoms with Gasteiger partial charge in [0.25, 0.3) is 0 Å². The van der Waals surface area contributed by atoms with Crippen LogP contribution in [0.4, 0.5) is 14.6 Å². The molecule has 10 heteroatoms. The molecule has 2 aromatic heterocycles. The number of rotatable bonds is 7. The van der Waals surface area contributed by atoms with E-state index in [2.05, 4.69) is 50.8 Å². The second-order valence-electron chi connectivity index (χ2n) is 11.3. The second-order valence-corrected chi connectivity index (χ2v) is 12.0. The summed E-state index contributed by atoms with van der Waals surface area (Å²) in [5.41, 5.74) is 0.532. The zero-order valence-corrected chi connectivity index (χ0v) is 23.8. The molecule has 0 saturated heterocycles. The summed E-state index contributed by atoms with van der Waals surface area (Å²) in [7, 11) is 0. The van der Waals surface area contributed by atoms with E-state index in [1.807, 2.05) is 6.26 Å². The Morgan fingerprint density at radius 3 is 2.59 bits per heavy atom. The van der Waals surface area contributed by atoms with Crippen LogP contribution in [-0.4, -0.2) is 54.8 Å². The summed E-state index contributed by atoms with van der Waals surface area (Å²) in [6, 6.07) is 4.69. The number of phenolic OH excluding ortho intramolecular Hbond substituents is 1. The van der Waals surface area contributed by atoms with Gasteiger partial charge in [0.1, 0.15) is 17.6 Å². The van der Waals surface area contributed by atoms with Gasteiger partial charge in [0, 0.05) is 17.0 Å². The summed E-state index contributed by atoms with van der Waals surface area (Å²) in [5.74, 6) is 0.562. The fourth-order valence-corrected chi connectivity index (χ4v) is 6.08. The maximum absolute atomic E-state index is 16.3. The van der Waals surface area contributed by atoms with Crippen molar-refractivity contribution in [2.45, 2.75) is 89.1 Å². The summed E-state index contributed by atoms with van der Waals surface area (Å²) in [6.45, 7) is 6.39. The molecule has 7 nitrogen and oxygen atoms in total. The molecule has 1 N–H and O–H groups in total. The number of nitrogens with zero attached hydrogens (tertiary/aromatic N) is 6. The Hall–Kier alpha value is -2.88. The topological polar surface area (TPSA) is 87.9 Å². The Morgan fingerprint density at radius 1 is 1.15 bits per heavy atom. The number of thioether (sulfide) groups is 1. The standard InChI is InChI=1S/C29H36F2N6OS/c1-5-29(3)12-6-7-17(2)13-22(26(29)31)37(19-9-10-19)24-16-32-27(36-35-24)20-11-8-18(14-23(20)38)25-21(30)15-33-28(34-25)39-4/h8,11,14-17,19,22,26,38H,5-7,9-10,12-13H2,1-4H3/t17?,22-,26-,29+/m0/s1. The first-order valence-corrected chi connectivity index (χ1v) is 15.0. The predicted octanol–water partition coefficient (Wildman–Crippen LogP) is 6.86. The quantitative estimate of drug-likeness (QED) is 0.250. The molecule has 1 aromatic carbocycles. The molecule has 2 fully saturated rings. The van der Waals surface area contributed by atoms with Crippen molar-refractivity contribution < 1.29 is 13.9 Å². The fourth-order valence-electron chi connectivity index (χ4n) is 5.74. The van der Waals surface area contributed by atoms with Crippen molar-refractivity contribution in [2.24, 2.45) is 11.3 Å². The van der Waals surface area contributed by atoms with Crippen LogP contribution in [0.15, 0.2) is 35.7 Å². The summed E-state index contributed by atoms with van der Waals surface area (Å²) >= 11 is 1.31. The van der Waals surface area contributed by atoms with E-state index in [0.717, 1.165) is 51.1 Å². The number of alkyl halides is 1. The van der Waals surface area contributed by atoms with Gasteiger partial charge in [0.15, 0.2) is 22.6 Å². The van der Waals surface area contributed by atoms with Crippen LogP contribution in [0.1, 0.15) is 65.7 Å². The highest BCUT2D eigenvalue weighted by molar-refractivity contribution is 7.98. The van der Waals surface area contributed by atoms with Gasteiger partial charge >= 0.3 is 0 Å². The fraction of sp³-hybridized carbons (Fsp3) is 0.552. The number of benzene rings is 1. The lowest BCUT2D eigenvalue weighted by molar-refractivity contribution is 0.0577. The predicted molar refractivity (Wildman–Crippen MR) is 150 cm³/mol. The van der Waals surface area contributed by atoms with Gasteiger partial charge in [-0.3, -0.25) is 0 Å². The monoisotopic (exact) mass is 554 g/mol. The first-order chi connectivity index (χ1) is 18.7. The molecule has 3 aromatic rings. The van der Waals surface area contributed by atoms with Crippen LogP contribution in [0, 0.1) is 17.2 Å². The highest BCUT2D eigenvalue weighted by atomic mass is 32.2. The number of hydrogen-bond donors (Lipinski definition) is 1. The molecule has 5 rings (SSSR count). The third-order valence-corrected chi connectivity index (χ3v) is 8.99. The van der Waals surface area contributed by atoms with E-state index in [0.29, 0.717) is 28.0 Å². The summed E-state index contributed by atoms with van der Waals surface area (Å²) in [6.07, 6.45) is 10.2. The Labute approximate surface area is 232 Å². The largest absolute Gasteiger partial charge is 0.507 e. The van der Waals surface area contributed by atoms with Crippen LogP contribution in [-0.2, 0) is 0 Å². The van der Waals surface area contributed by atoms with Crippen LogP contribution >= 0.6 is 11.8 Å². The van der Waals surface area contributed by atoms with Gasteiger partial charge in [-0.25, -0.2) is 23.7 Å². The van der Waals surface area contributed by atoms with E-state index in [1.54, 1.807) is 18.3 Å². The van der Waals surface area contributed by atoms with Gasteiger partial charge in [-0.1, -0.05) is 51.4 Å². The van der Waals surface area contributed by atoms with Gasteiger partial charge in [-0.05, 0) is 56.4 Å². The normalized spacial score (nSPS) is 25.6. The average molecular weight is 555 g/mol. The van der Waals surface area contributed by atoms with Gasteiger partial charge in [0.2, 0.25) is 0 Å². The van der Waals surface area contributed by atoms with Gasteiger partial charge in [0.05, 0.1) is 24.0 Å². The van der Waals surface area contributed by atoms with Gasteiger partial charge < -0.3 is 10.0 Å². The van der Waals surface area contributed by atoms with Gasteiger partial charge in [-0.15, -0.1) is 10.2 Å². The van der Waals surface area contributed by atoms with Gasteiger partial charge in [-0.2, -0.15) is 0 Å². The third-order valence-electron chi connectivity index (χ3n) is 8.43. The van der Waals surface area contributed by atoms with Crippen molar-refractivity contribution >= 4 is 17.6 Å². The molecule has 208 valence electrons. The molecule has 2 heterocycles. The molecular weight excluding hydrogens is 518 g/mol. The Balaban J connectivity index is 1.43. The highest BCUT2D eigenvalue weighted by Gasteiger charge is 2.46. The van der Waals surface area contributed by atoms with E-state index < -0.39 is 12.0 Å². The summed E-state index contributed by atoms with van der Waals surface area (Å²) < 4.78 is 30.7. The van der Waals surface area contributed by atoms with Crippen LogP contribution in [0.5, 0.6) is 5.75 Å². The van der Waals surface area contributed by atoms with Crippen LogP contribution in [0.25, 0.3) is 22.6 Å². The molecule has 0 spiro atoms. The Bertz CT molecular complexity index is 1310. The van der Waals surface area contributed by atoms with Crippen molar-refractivity contribution in [1.29, 1.82) is 0 Å². The molecule has 39 heavy (non-hydrogen) atoms. The molecule has 0 amide bonds. The lowest BCUT2D eigenvalue weighted by atomic mass is 9.71. The lowest BCUT2D eigenvalue weighted by Gasteiger charge is -2.45. The van der Waals surface area contributed by atoms with E-state index in [1.165, 1.54) is 17.8 Å². The molecule has 0 aliphatic heterocycles. The number of aromatic hydroxyl groups is 1. The lowest BCUT2D eigenvalue weighted by Crippen LogP contribution is -2.51. The zero-order valence-electron chi connectivity index (χ0n) is 22.9. The van der Waals surface area contributed by atoms with Crippen molar-refractivity contribution in [3.8, 4) is 28.4 Å². The second kappa shape index (κ2) is 11.3. The minimum Gasteiger partial charge on any atom is -0.507 e.